The van der Waals surface area contributed by atoms with Crippen LogP contribution in [0.2, 0.25) is 5.02 Å². The highest BCUT2D eigenvalue weighted by molar-refractivity contribution is 6.30. The summed E-state index contributed by atoms with van der Waals surface area (Å²) in [6.07, 6.45) is 0. The van der Waals surface area contributed by atoms with Crippen molar-refractivity contribution in [3.05, 3.63) is 28.8 Å². The van der Waals surface area contributed by atoms with E-state index in [4.69, 9.17) is 22.1 Å². The smallest absolute Gasteiger partial charge is 0.224 e. The highest BCUT2D eigenvalue weighted by atomic mass is 35.5. The van der Waals surface area contributed by atoms with Gasteiger partial charge in [-0.3, -0.25) is 4.79 Å². The molecule has 1 aromatic rings. The lowest BCUT2D eigenvalue weighted by molar-refractivity contribution is -0.124. The minimum absolute atomic E-state index is 0.0653. The van der Waals surface area contributed by atoms with E-state index in [9.17, 15) is 4.79 Å². The summed E-state index contributed by atoms with van der Waals surface area (Å²) in [6, 6.07) is 5.31. The van der Waals surface area contributed by atoms with E-state index >= 15 is 0 Å². The maximum absolute atomic E-state index is 11.6. The molecular weight excluding hydrogens is 240 g/mol. The molecule has 0 saturated heterocycles. The van der Waals surface area contributed by atoms with Crippen molar-refractivity contribution in [3.63, 3.8) is 0 Å². The van der Waals surface area contributed by atoms with Crippen molar-refractivity contribution in [2.45, 2.75) is 13.5 Å². The summed E-state index contributed by atoms with van der Waals surface area (Å²) in [6.45, 7) is 2.53. The van der Waals surface area contributed by atoms with Crippen LogP contribution in [0.5, 0.6) is 5.75 Å². The summed E-state index contributed by atoms with van der Waals surface area (Å²) in [4.78, 5) is 11.6. The number of amides is 1. The standard InChI is InChI=1S/C12H17ClN2O2/c1-8(6-14)12(16)15-7-9-3-4-10(13)5-11(9)17-2/h3-5,8H,6-7,14H2,1-2H3,(H,15,16). The SMILES string of the molecule is COc1cc(Cl)ccc1CNC(=O)C(C)CN. The molecular formula is C12H17ClN2O2. The van der Waals surface area contributed by atoms with Crippen molar-refractivity contribution in [1.82, 2.24) is 5.32 Å². The largest absolute Gasteiger partial charge is 0.496 e. The van der Waals surface area contributed by atoms with Gasteiger partial charge < -0.3 is 15.8 Å². The molecule has 0 spiro atoms. The number of hydrogen-bond donors (Lipinski definition) is 2. The van der Waals surface area contributed by atoms with E-state index < -0.39 is 0 Å². The molecule has 94 valence electrons. The first-order valence-corrected chi connectivity index (χ1v) is 5.76. The number of halogens is 1. The zero-order valence-electron chi connectivity index (χ0n) is 10.00. The molecule has 0 aliphatic heterocycles. The van der Waals surface area contributed by atoms with Gasteiger partial charge in [-0.15, -0.1) is 0 Å². The Morgan fingerprint density at radius 2 is 2.29 bits per heavy atom. The van der Waals surface area contributed by atoms with E-state index in [2.05, 4.69) is 5.32 Å². The first-order valence-electron chi connectivity index (χ1n) is 5.38. The zero-order valence-corrected chi connectivity index (χ0v) is 10.8. The van der Waals surface area contributed by atoms with Crippen molar-refractivity contribution < 1.29 is 9.53 Å². The van der Waals surface area contributed by atoms with Crippen LogP contribution in [0.1, 0.15) is 12.5 Å². The van der Waals surface area contributed by atoms with E-state index in [-0.39, 0.29) is 11.8 Å². The monoisotopic (exact) mass is 256 g/mol. The van der Waals surface area contributed by atoms with Gasteiger partial charge in [-0.05, 0) is 12.1 Å². The fourth-order valence-electron chi connectivity index (χ4n) is 1.33. The van der Waals surface area contributed by atoms with Gasteiger partial charge in [0.1, 0.15) is 5.75 Å². The van der Waals surface area contributed by atoms with Crippen LogP contribution in [0.4, 0.5) is 0 Å². The van der Waals surface area contributed by atoms with E-state index in [1.54, 1.807) is 26.2 Å². The van der Waals surface area contributed by atoms with E-state index in [1.807, 2.05) is 6.07 Å². The second-order valence-corrected chi connectivity index (χ2v) is 4.25. The maximum Gasteiger partial charge on any atom is 0.224 e. The molecule has 0 aromatic heterocycles. The second-order valence-electron chi connectivity index (χ2n) is 3.81. The number of nitrogens with one attached hydrogen (secondary N) is 1. The van der Waals surface area contributed by atoms with Gasteiger partial charge in [-0.25, -0.2) is 0 Å². The predicted molar refractivity (Wildman–Crippen MR) is 68.1 cm³/mol. The van der Waals surface area contributed by atoms with Gasteiger partial charge in [0.05, 0.1) is 7.11 Å². The third-order valence-corrected chi connectivity index (χ3v) is 2.74. The Labute approximate surface area is 106 Å². The Hall–Kier alpha value is -1.26. The molecule has 0 fully saturated rings. The normalized spacial score (nSPS) is 12.0. The van der Waals surface area contributed by atoms with Crippen molar-refractivity contribution in [1.29, 1.82) is 0 Å². The lowest BCUT2D eigenvalue weighted by Crippen LogP contribution is -2.32. The topological polar surface area (TPSA) is 64.3 Å². The van der Waals surface area contributed by atoms with Crippen molar-refractivity contribution in [2.24, 2.45) is 11.7 Å². The van der Waals surface area contributed by atoms with E-state index in [1.165, 1.54) is 0 Å². The summed E-state index contributed by atoms with van der Waals surface area (Å²) in [5, 5.41) is 3.41. The van der Waals surface area contributed by atoms with Crippen molar-refractivity contribution >= 4 is 17.5 Å². The number of carbonyl (C=O) groups excluding carboxylic acids is 1. The first-order chi connectivity index (χ1) is 8.08. The number of methoxy groups -OCH3 is 1. The molecule has 1 aromatic carbocycles. The van der Waals surface area contributed by atoms with Crippen LogP contribution in [0.25, 0.3) is 0 Å². The van der Waals surface area contributed by atoms with Crippen LogP contribution < -0.4 is 15.8 Å². The summed E-state index contributed by atoms with van der Waals surface area (Å²) >= 11 is 5.85. The average Bonchev–Trinajstić information content (AvgIpc) is 2.35. The van der Waals surface area contributed by atoms with Crippen LogP contribution in [-0.4, -0.2) is 19.6 Å². The minimum atomic E-state index is -0.187. The summed E-state index contributed by atoms with van der Waals surface area (Å²) in [5.41, 5.74) is 6.30. The number of hydrogen-bond acceptors (Lipinski definition) is 3. The van der Waals surface area contributed by atoms with E-state index in [0.29, 0.717) is 23.9 Å². The van der Waals surface area contributed by atoms with Gasteiger partial charge in [-0.2, -0.15) is 0 Å². The number of carbonyl (C=O) groups is 1. The summed E-state index contributed by atoms with van der Waals surface area (Å²) < 4.78 is 5.18. The molecule has 0 aliphatic rings. The molecule has 3 N–H and O–H groups in total. The quantitative estimate of drug-likeness (QED) is 0.840. The van der Waals surface area contributed by atoms with Crippen LogP contribution in [0, 0.1) is 5.92 Å². The molecule has 1 atom stereocenters. The molecule has 0 heterocycles. The molecule has 1 amide bonds. The lowest BCUT2D eigenvalue weighted by Gasteiger charge is -2.12. The zero-order chi connectivity index (χ0) is 12.8. The highest BCUT2D eigenvalue weighted by Gasteiger charge is 2.11. The van der Waals surface area contributed by atoms with Crippen LogP contribution in [0.3, 0.4) is 0 Å². The van der Waals surface area contributed by atoms with Gasteiger partial charge in [0.25, 0.3) is 0 Å². The molecule has 4 nitrogen and oxygen atoms in total. The fourth-order valence-corrected chi connectivity index (χ4v) is 1.49. The predicted octanol–water partition coefficient (Wildman–Crippen LogP) is 1.56. The first kappa shape index (κ1) is 13.8. The maximum atomic E-state index is 11.6. The fraction of sp³-hybridized carbons (Fsp3) is 0.417. The lowest BCUT2D eigenvalue weighted by atomic mass is 10.1. The molecule has 17 heavy (non-hydrogen) atoms. The minimum Gasteiger partial charge on any atom is -0.496 e. The molecule has 5 heteroatoms. The van der Waals surface area contributed by atoms with Crippen molar-refractivity contribution in [2.75, 3.05) is 13.7 Å². The molecule has 0 bridgehead atoms. The Balaban J connectivity index is 2.66. The third-order valence-electron chi connectivity index (χ3n) is 2.50. The molecule has 1 unspecified atom stereocenters. The Kier molecular flexibility index (Phi) is 5.25. The van der Waals surface area contributed by atoms with E-state index in [0.717, 1.165) is 5.56 Å². The highest BCUT2D eigenvalue weighted by Crippen LogP contribution is 2.22. The molecule has 0 radical (unpaired) electrons. The van der Waals surface area contributed by atoms with Crippen LogP contribution in [-0.2, 0) is 11.3 Å². The Morgan fingerprint density at radius 3 is 2.88 bits per heavy atom. The van der Waals surface area contributed by atoms with Gasteiger partial charge >= 0.3 is 0 Å². The molecule has 1 rings (SSSR count). The van der Waals surface area contributed by atoms with Crippen LogP contribution >= 0.6 is 11.6 Å². The van der Waals surface area contributed by atoms with Gasteiger partial charge in [-0.1, -0.05) is 24.6 Å². The third kappa shape index (κ3) is 3.91. The van der Waals surface area contributed by atoms with Crippen molar-refractivity contribution in [3.8, 4) is 5.75 Å². The Bertz CT molecular complexity index is 396. The molecule has 0 saturated carbocycles. The summed E-state index contributed by atoms with van der Waals surface area (Å²) in [7, 11) is 1.57. The van der Waals surface area contributed by atoms with Gasteiger partial charge in [0, 0.05) is 29.6 Å². The number of rotatable bonds is 5. The van der Waals surface area contributed by atoms with Crippen LogP contribution in [0.15, 0.2) is 18.2 Å². The second kappa shape index (κ2) is 6.47. The average molecular weight is 257 g/mol. The Morgan fingerprint density at radius 1 is 1.59 bits per heavy atom. The number of nitrogens with two attached hydrogens (primary N) is 1. The summed E-state index contributed by atoms with van der Waals surface area (Å²) in [5.74, 6) is 0.413. The molecule has 0 aliphatic carbocycles. The number of benzene rings is 1. The van der Waals surface area contributed by atoms with Gasteiger partial charge in [0.15, 0.2) is 0 Å². The van der Waals surface area contributed by atoms with Gasteiger partial charge in [0.2, 0.25) is 5.91 Å². The number of ether oxygens (including phenoxy) is 1.